The number of carbonyl (C=O) groups excluding carboxylic acids is 1. The second kappa shape index (κ2) is 7.44. The van der Waals surface area contributed by atoms with E-state index in [4.69, 9.17) is 0 Å². The van der Waals surface area contributed by atoms with Crippen molar-refractivity contribution in [1.29, 1.82) is 0 Å². The van der Waals surface area contributed by atoms with Crippen LogP contribution >= 0.6 is 0 Å². The van der Waals surface area contributed by atoms with Crippen LogP contribution in [0.5, 0.6) is 0 Å². The summed E-state index contributed by atoms with van der Waals surface area (Å²) in [4.78, 5) is 12.7. The number of aromatic nitrogens is 2. The lowest BCUT2D eigenvalue weighted by Gasteiger charge is -2.12. The minimum atomic E-state index is -0.271. The first-order valence-corrected chi connectivity index (χ1v) is 9.55. The van der Waals surface area contributed by atoms with Gasteiger partial charge in [0, 0.05) is 17.8 Å². The van der Waals surface area contributed by atoms with Crippen molar-refractivity contribution < 1.29 is 9.18 Å². The predicted octanol–water partition coefficient (Wildman–Crippen LogP) is 4.12. The number of allylic oxidation sites excluding steroid dienone is 1. The Labute approximate surface area is 153 Å². The Morgan fingerprint density at radius 1 is 1.12 bits per heavy atom. The molecule has 0 atom stereocenters. The van der Waals surface area contributed by atoms with Gasteiger partial charge in [0.1, 0.15) is 5.82 Å². The molecule has 0 aliphatic heterocycles. The molecule has 136 valence electrons. The Kier molecular flexibility index (Phi) is 4.87. The fourth-order valence-corrected chi connectivity index (χ4v) is 3.97. The van der Waals surface area contributed by atoms with E-state index in [0.717, 1.165) is 49.0 Å². The molecule has 0 fully saturated rings. The largest absolute Gasteiger partial charge is 0.350 e. The molecule has 0 radical (unpaired) electrons. The highest BCUT2D eigenvalue weighted by molar-refractivity contribution is 5.94. The number of halogens is 1. The lowest BCUT2D eigenvalue weighted by Crippen LogP contribution is -2.26. The molecule has 1 aromatic heterocycles. The second-order valence-corrected chi connectivity index (χ2v) is 7.13. The molecule has 0 unspecified atom stereocenters. The van der Waals surface area contributed by atoms with E-state index >= 15 is 0 Å². The molecule has 5 heteroatoms. The average molecular weight is 353 g/mol. The first-order valence-electron chi connectivity index (χ1n) is 9.55. The van der Waals surface area contributed by atoms with Gasteiger partial charge in [0.25, 0.3) is 5.91 Å². The van der Waals surface area contributed by atoms with Crippen LogP contribution in [0.2, 0.25) is 0 Å². The Bertz CT molecular complexity index is 836. The fraction of sp³-hybridized carbons (Fsp3) is 0.429. The fourth-order valence-electron chi connectivity index (χ4n) is 3.97. The van der Waals surface area contributed by atoms with Crippen LogP contribution in [-0.4, -0.2) is 22.2 Å². The lowest BCUT2D eigenvalue weighted by atomic mass is 9.97. The van der Waals surface area contributed by atoms with Crippen molar-refractivity contribution in [1.82, 2.24) is 15.1 Å². The van der Waals surface area contributed by atoms with Crippen molar-refractivity contribution >= 4 is 5.91 Å². The summed E-state index contributed by atoms with van der Waals surface area (Å²) in [6.45, 7) is 0.656. The molecule has 0 saturated heterocycles. The van der Waals surface area contributed by atoms with Crippen molar-refractivity contribution in [2.75, 3.05) is 6.54 Å². The van der Waals surface area contributed by atoms with Crippen molar-refractivity contribution in [3.05, 3.63) is 58.7 Å². The maximum absolute atomic E-state index is 13.2. The molecule has 0 spiro atoms. The second-order valence-electron chi connectivity index (χ2n) is 7.13. The maximum Gasteiger partial charge on any atom is 0.272 e. The molecule has 26 heavy (non-hydrogen) atoms. The predicted molar refractivity (Wildman–Crippen MR) is 99.0 cm³/mol. The van der Waals surface area contributed by atoms with E-state index in [2.05, 4.69) is 16.5 Å². The molecular formula is C21H24FN3O. The van der Waals surface area contributed by atoms with Gasteiger partial charge in [-0.2, -0.15) is 5.10 Å². The summed E-state index contributed by atoms with van der Waals surface area (Å²) in [6.07, 6.45) is 10.9. The highest BCUT2D eigenvalue weighted by atomic mass is 19.1. The van der Waals surface area contributed by atoms with Crippen LogP contribution in [0.25, 0.3) is 5.69 Å². The summed E-state index contributed by atoms with van der Waals surface area (Å²) in [5.41, 5.74) is 4.91. The molecule has 2 aliphatic carbocycles. The molecule has 1 N–H and O–H groups in total. The molecule has 1 amide bonds. The van der Waals surface area contributed by atoms with Crippen molar-refractivity contribution in [2.24, 2.45) is 0 Å². The van der Waals surface area contributed by atoms with Gasteiger partial charge in [-0.1, -0.05) is 11.6 Å². The summed E-state index contributed by atoms with van der Waals surface area (Å²) in [7, 11) is 0. The van der Waals surface area contributed by atoms with Crippen LogP contribution in [0.15, 0.2) is 35.9 Å². The highest BCUT2D eigenvalue weighted by Gasteiger charge is 2.26. The number of hydrogen-bond acceptors (Lipinski definition) is 2. The summed E-state index contributed by atoms with van der Waals surface area (Å²) in [6, 6.07) is 6.27. The SMILES string of the molecule is O=C(NCCC1=CCCCC1)c1nn(-c2ccc(F)cc2)c2c1CCC2. The third kappa shape index (κ3) is 3.43. The summed E-state index contributed by atoms with van der Waals surface area (Å²) >= 11 is 0. The third-order valence-corrected chi connectivity index (χ3v) is 5.33. The lowest BCUT2D eigenvalue weighted by molar-refractivity contribution is 0.0947. The molecule has 1 heterocycles. The van der Waals surface area contributed by atoms with Crippen LogP contribution in [0.3, 0.4) is 0 Å². The molecular weight excluding hydrogens is 329 g/mol. The number of rotatable bonds is 5. The van der Waals surface area contributed by atoms with Crippen LogP contribution in [0.4, 0.5) is 4.39 Å². The summed E-state index contributed by atoms with van der Waals surface area (Å²) in [5.74, 6) is -0.368. The van der Waals surface area contributed by atoms with Crippen LogP contribution < -0.4 is 5.32 Å². The minimum absolute atomic E-state index is 0.0968. The number of fused-ring (bicyclic) bond motifs is 1. The molecule has 4 rings (SSSR count). The number of nitrogens with one attached hydrogen (secondary N) is 1. The number of hydrogen-bond donors (Lipinski definition) is 1. The van der Waals surface area contributed by atoms with Crippen LogP contribution in [0.1, 0.15) is 60.3 Å². The van der Waals surface area contributed by atoms with Gasteiger partial charge in [-0.15, -0.1) is 0 Å². The maximum atomic E-state index is 13.2. The van der Waals surface area contributed by atoms with E-state index in [1.807, 2.05) is 0 Å². The molecule has 2 aliphatic rings. The zero-order chi connectivity index (χ0) is 17.9. The smallest absolute Gasteiger partial charge is 0.272 e. The van der Waals surface area contributed by atoms with E-state index in [0.29, 0.717) is 12.2 Å². The van der Waals surface area contributed by atoms with E-state index in [9.17, 15) is 9.18 Å². The normalized spacial score (nSPS) is 16.3. The van der Waals surface area contributed by atoms with Crippen LogP contribution in [0, 0.1) is 5.82 Å². The van der Waals surface area contributed by atoms with Gasteiger partial charge in [-0.3, -0.25) is 4.79 Å². The van der Waals surface area contributed by atoms with Gasteiger partial charge in [-0.05, 0) is 75.6 Å². The third-order valence-electron chi connectivity index (χ3n) is 5.33. The molecule has 0 bridgehead atoms. The van der Waals surface area contributed by atoms with Crippen molar-refractivity contribution in [3.63, 3.8) is 0 Å². The molecule has 2 aromatic rings. The first-order chi connectivity index (χ1) is 12.7. The Balaban J connectivity index is 1.49. The van der Waals surface area contributed by atoms with E-state index < -0.39 is 0 Å². The molecule has 1 aromatic carbocycles. The van der Waals surface area contributed by atoms with E-state index in [1.165, 1.54) is 37.0 Å². The van der Waals surface area contributed by atoms with Crippen molar-refractivity contribution in [3.8, 4) is 5.69 Å². The van der Waals surface area contributed by atoms with Gasteiger partial charge < -0.3 is 5.32 Å². The van der Waals surface area contributed by atoms with Gasteiger partial charge >= 0.3 is 0 Å². The molecule has 4 nitrogen and oxygen atoms in total. The van der Waals surface area contributed by atoms with E-state index in [1.54, 1.807) is 16.8 Å². The van der Waals surface area contributed by atoms with E-state index in [-0.39, 0.29) is 11.7 Å². The number of nitrogens with zero attached hydrogens (tertiary/aromatic N) is 2. The zero-order valence-electron chi connectivity index (χ0n) is 14.9. The number of amides is 1. The average Bonchev–Trinajstić information content (AvgIpc) is 3.26. The Morgan fingerprint density at radius 2 is 1.96 bits per heavy atom. The summed E-state index contributed by atoms with van der Waals surface area (Å²) < 4.78 is 15.0. The van der Waals surface area contributed by atoms with Crippen molar-refractivity contribution in [2.45, 2.75) is 51.4 Å². The van der Waals surface area contributed by atoms with Gasteiger partial charge in [-0.25, -0.2) is 9.07 Å². The Hall–Kier alpha value is -2.43. The number of carbonyl (C=O) groups is 1. The number of benzene rings is 1. The zero-order valence-corrected chi connectivity index (χ0v) is 14.9. The quantitative estimate of drug-likeness (QED) is 0.822. The minimum Gasteiger partial charge on any atom is -0.350 e. The standard InChI is InChI=1S/C21H24FN3O/c22-16-9-11-17(12-10-16)25-19-8-4-7-18(19)20(24-25)21(26)23-14-13-15-5-2-1-3-6-15/h5,9-12H,1-4,6-8,13-14H2,(H,23,26). The van der Waals surface area contributed by atoms with Gasteiger partial charge in [0.15, 0.2) is 5.69 Å². The Morgan fingerprint density at radius 3 is 2.73 bits per heavy atom. The topological polar surface area (TPSA) is 46.9 Å². The monoisotopic (exact) mass is 353 g/mol. The van der Waals surface area contributed by atoms with Crippen LogP contribution in [-0.2, 0) is 12.8 Å². The highest BCUT2D eigenvalue weighted by Crippen LogP contribution is 2.28. The summed E-state index contributed by atoms with van der Waals surface area (Å²) in [5, 5.41) is 7.60. The van der Waals surface area contributed by atoms with Gasteiger partial charge in [0.2, 0.25) is 0 Å². The van der Waals surface area contributed by atoms with Gasteiger partial charge in [0.05, 0.1) is 5.69 Å². The molecule has 0 saturated carbocycles. The first kappa shape index (κ1) is 17.0.